The van der Waals surface area contributed by atoms with Crippen molar-refractivity contribution in [3.8, 4) is 0 Å². The Labute approximate surface area is 107 Å². The van der Waals surface area contributed by atoms with Gasteiger partial charge < -0.3 is 4.74 Å². The van der Waals surface area contributed by atoms with Gasteiger partial charge in [-0.2, -0.15) is 0 Å². The van der Waals surface area contributed by atoms with E-state index in [1.54, 1.807) is 11.3 Å². The van der Waals surface area contributed by atoms with Crippen molar-refractivity contribution in [2.75, 3.05) is 13.2 Å². The van der Waals surface area contributed by atoms with Crippen LogP contribution in [0.3, 0.4) is 0 Å². The van der Waals surface area contributed by atoms with Gasteiger partial charge in [0.1, 0.15) is 0 Å². The second-order valence-corrected chi connectivity index (χ2v) is 5.47. The first-order valence-corrected chi connectivity index (χ1v) is 6.65. The molecule has 17 heavy (non-hydrogen) atoms. The Bertz CT molecular complexity index is 363. The maximum atomic E-state index is 11.5. The highest BCUT2D eigenvalue weighted by Gasteiger charge is 2.16. The van der Waals surface area contributed by atoms with Crippen LogP contribution in [-0.4, -0.2) is 35.0 Å². The Hall–Kier alpha value is -0.940. The summed E-state index contributed by atoms with van der Waals surface area (Å²) in [5.41, 5.74) is 0. The smallest absolute Gasteiger partial charge is 0.320 e. The first kappa shape index (κ1) is 14.1. The molecule has 0 aromatic carbocycles. The standard InChI is InChI=1S/C12H20N2O2S/c1-5-16-12(15)8-14(9(2)3)7-11-6-13-10(4)17-11/h6,9H,5,7-8H2,1-4H3. The SMILES string of the molecule is CCOC(=O)CN(Cc1cnc(C)s1)C(C)C. The van der Waals surface area contributed by atoms with Crippen molar-refractivity contribution in [2.45, 2.75) is 40.3 Å². The molecule has 0 amide bonds. The van der Waals surface area contributed by atoms with Gasteiger partial charge in [0.15, 0.2) is 0 Å². The molecule has 96 valence electrons. The molecular formula is C12H20N2O2S. The second-order valence-electron chi connectivity index (χ2n) is 4.15. The lowest BCUT2D eigenvalue weighted by atomic mass is 10.3. The topological polar surface area (TPSA) is 42.4 Å². The Morgan fingerprint density at radius 2 is 2.29 bits per heavy atom. The Morgan fingerprint density at radius 1 is 1.59 bits per heavy atom. The lowest BCUT2D eigenvalue weighted by Gasteiger charge is -2.24. The summed E-state index contributed by atoms with van der Waals surface area (Å²) in [5.74, 6) is -0.164. The molecule has 1 heterocycles. The summed E-state index contributed by atoms with van der Waals surface area (Å²) in [4.78, 5) is 19.0. The van der Waals surface area contributed by atoms with E-state index in [2.05, 4.69) is 23.7 Å². The molecule has 0 radical (unpaired) electrons. The number of hydrogen-bond acceptors (Lipinski definition) is 5. The van der Waals surface area contributed by atoms with Gasteiger partial charge >= 0.3 is 5.97 Å². The summed E-state index contributed by atoms with van der Waals surface area (Å²) in [6, 6.07) is 0.307. The molecular weight excluding hydrogens is 236 g/mol. The molecule has 1 aromatic rings. The van der Waals surface area contributed by atoms with Crippen molar-refractivity contribution in [3.05, 3.63) is 16.1 Å². The van der Waals surface area contributed by atoms with Crippen LogP contribution in [0.1, 0.15) is 30.7 Å². The molecule has 0 N–H and O–H groups in total. The summed E-state index contributed by atoms with van der Waals surface area (Å²) < 4.78 is 4.97. The molecule has 1 rings (SSSR count). The van der Waals surface area contributed by atoms with Gasteiger partial charge in [0, 0.05) is 23.7 Å². The lowest BCUT2D eigenvalue weighted by molar-refractivity contribution is -0.145. The predicted octanol–water partition coefficient (Wildman–Crippen LogP) is 2.23. The summed E-state index contributed by atoms with van der Waals surface area (Å²) in [6.45, 7) is 9.48. The number of nitrogens with zero attached hydrogens (tertiary/aromatic N) is 2. The normalized spacial score (nSPS) is 11.2. The fourth-order valence-electron chi connectivity index (χ4n) is 1.47. The van der Waals surface area contributed by atoms with Crippen molar-refractivity contribution in [2.24, 2.45) is 0 Å². The Balaban J connectivity index is 2.57. The van der Waals surface area contributed by atoms with E-state index in [4.69, 9.17) is 4.74 Å². The lowest BCUT2D eigenvalue weighted by Crippen LogP contribution is -2.35. The number of aryl methyl sites for hydroxylation is 1. The largest absolute Gasteiger partial charge is 0.465 e. The molecule has 0 aliphatic heterocycles. The fourth-order valence-corrected chi connectivity index (χ4v) is 2.29. The van der Waals surface area contributed by atoms with E-state index in [9.17, 15) is 4.79 Å². The van der Waals surface area contributed by atoms with Gasteiger partial charge in [-0.3, -0.25) is 9.69 Å². The molecule has 1 aromatic heterocycles. The van der Waals surface area contributed by atoms with Crippen molar-refractivity contribution in [1.82, 2.24) is 9.88 Å². The van der Waals surface area contributed by atoms with Gasteiger partial charge in [-0.15, -0.1) is 11.3 Å². The zero-order valence-corrected chi connectivity index (χ0v) is 11.7. The zero-order chi connectivity index (χ0) is 12.8. The third-order valence-electron chi connectivity index (χ3n) is 2.40. The minimum atomic E-state index is -0.164. The van der Waals surface area contributed by atoms with Crippen molar-refractivity contribution < 1.29 is 9.53 Å². The highest BCUT2D eigenvalue weighted by atomic mass is 32.1. The molecule has 0 unspecified atom stereocenters. The maximum Gasteiger partial charge on any atom is 0.320 e. The van der Waals surface area contributed by atoms with Crippen molar-refractivity contribution in [3.63, 3.8) is 0 Å². The number of rotatable bonds is 6. The quantitative estimate of drug-likeness (QED) is 0.732. The summed E-state index contributed by atoms with van der Waals surface area (Å²) >= 11 is 1.67. The highest BCUT2D eigenvalue weighted by Crippen LogP contribution is 2.15. The predicted molar refractivity (Wildman–Crippen MR) is 69.0 cm³/mol. The van der Waals surface area contributed by atoms with Crippen LogP contribution in [0.25, 0.3) is 0 Å². The van der Waals surface area contributed by atoms with Crippen LogP contribution in [-0.2, 0) is 16.1 Å². The molecule has 0 saturated carbocycles. The average Bonchev–Trinajstić information content (AvgIpc) is 2.63. The molecule has 0 bridgehead atoms. The summed E-state index contributed by atoms with van der Waals surface area (Å²) in [7, 11) is 0. The van der Waals surface area contributed by atoms with E-state index in [0.717, 1.165) is 11.6 Å². The monoisotopic (exact) mass is 256 g/mol. The minimum absolute atomic E-state index is 0.164. The number of aromatic nitrogens is 1. The van der Waals surface area contributed by atoms with E-state index < -0.39 is 0 Å². The Morgan fingerprint density at radius 3 is 2.76 bits per heavy atom. The number of esters is 1. The van der Waals surface area contributed by atoms with Gasteiger partial charge in [-0.25, -0.2) is 4.98 Å². The zero-order valence-electron chi connectivity index (χ0n) is 10.9. The number of carbonyl (C=O) groups excluding carboxylic acids is 1. The maximum absolute atomic E-state index is 11.5. The molecule has 5 heteroatoms. The third-order valence-corrected chi connectivity index (χ3v) is 3.29. The molecule has 0 saturated heterocycles. The van der Waals surface area contributed by atoms with E-state index >= 15 is 0 Å². The van der Waals surface area contributed by atoms with Crippen LogP contribution < -0.4 is 0 Å². The number of thiazole rings is 1. The highest BCUT2D eigenvalue weighted by molar-refractivity contribution is 7.11. The van der Waals surface area contributed by atoms with Crippen LogP contribution in [0.2, 0.25) is 0 Å². The van der Waals surface area contributed by atoms with Crippen LogP contribution in [0.4, 0.5) is 0 Å². The molecule has 0 aliphatic rings. The molecule has 0 atom stereocenters. The second kappa shape index (κ2) is 6.71. The van der Waals surface area contributed by atoms with Gasteiger partial charge in [-0.05, 0) is 27.7 Å². The van der Waals surface area contributed by atoms with Gasteiger partial charge in [-0.1, -0.05) is 0 Å². The van der Waals surface area contributed by atoms with E-state index in [0.29, 0.717) is 19.2 Å². The first-order valence-electron chi connectivity index (χ1n) is 5.84. The third kappa shape index (κ3) is 4.83. The summed E-state index contributed by atoms with van der Waals surface area (Å²) in [6.07, 6.45) is 1.88. The first-order chi connectivity index (χ1) is 8.02. The number of hydrogen-bond donors (Lipinski definition) is 0. The molecule has 0 fully saturated rings. The Kier molecular flexibility index (Phi) is 5.58. The van der Waals surface area contributed by atoms with Crippen molar-refractivity contribution >= 4 is 17.3 Å². The van der Waals surface area contributed by atoms with Crippen LogP contribution in [0, 0.1) is 6.92 Å². The van der Waals surface area contributed by atoms with Gasteiger partial charge in [0.25, 0.3) is 0 Å². The van der Waals surface area contributed by atoms with Gasteiger partial charge in [0.05, 0.1) is 18.2 Å². The van der Waals surface area contributed by atoms with Gasteiger partial charge in [0.2, 0.25) is 0 Å². The van der Waals surface area contributed by atoms with Crippen LogP contribution in [0.5, 0.6) is 0 Å². The van der Waals surface area contributed by atoms with E-state index in [1.807, 2.05) is 20.0 Å². The summed E-state index contributed by atoms with van der Waals surface area (Å²) in [5, 5.41) is 1.06. The molecule has 0 spiro atoms. The fraction of sp³-hybridized carbons (Fsp3) is 0.667. The van der Waals surface area contributed by atoms with E-state index in [1.165, 1.54) is 4.88 Å². The van der Waals surface area contributed by atoms with E-state index in [-0.39, 0.29) is 5.97 Å². The van der Waals surface area contributed by atoms with Crippen LogP contribution in [0.15, 0.2) is 6.20 Å². The average molecular weight is 256 g/mol. The van der Waals surface area contributed by atoms with Crippen LogP contribution >= 0.6 is 11.3 Å². The minimum Gasteiger partial charge on any atom is -0.465 e. The number of carbonyl (C=O) groups is 1. The molecule has 0 aliphatic carbocycles. The van der Waals surface area contributed by atoms with Crippen molar-refractivity contribution in [1.29, 1.82) is 0 Å². The number of ether oxygens (including phenoxy) is 1. The molecule has 4 nitrogen and oxygen atoms in total.